The van der Waals surface area contributed by atoms with Gasteiger partial charge in [-0.25, -0.2) is 0 Å². The summed E-state index contributed by atoms with van der Waals surface area (Å²) in [4.78, 5) is 23.2. The fourth-order valence-corrected chi connectivity index (χ4v) is 2.49. The van der Waals surface area contributed by atoms with E-state index in [0.29, 0.717) is 0 Å². The maximum Gasteiger partial charge on any atom is 0.308 e. The number of carboxylic acid groups (broad SMARTS) is 1. The molecule has 0 radical (unpaired) electrons. The third kappa shape index (κ3) is 3.02. The summed E-state index contributed by atoms with van der Waals surface area (Å²) in [5.41, 5.74) is 5.42. The lowest BCUT2D eigenvalue weighted by Gasteiger charge is -2.28. The lowest BCUT2D eigenvalue weighted by Crippen LogP contribution is -2.49. The third-order valence-electron chi connectivity index (χ3n) is 4.15. The molecule has 104 valence electrons. The van der Waals surface area contributed by atoms with E-state index in [1.807, 2.05) is 20.8 Å². The summed E-state index contributed by atoms with van der Waals surface area (Å²) in [6, 6.07) is -0.125. The maximum absolute atomic E-state index is 12.1. The van der Waals surface area contributed by atoms with Crippen LogP contribution in [0.4, 0.5) is 0 Å². The molecule has 4 N–H and O–H groups in total. The summed E-state index contributed by atoms with van der Waals surface area (Å²) < 4.78 is 0. The van der Waals surface area contributed by atoms with E-state index in [4.69, 9.17) is 10.8 Å². The SMILES string of the molecule is CC(C)C(CNC(=O)C1(C)CCCC1N)C(=O)O. The average molecular weight is 256 g/mol. The van der Waals surface area contributed by atoms with Crippen LogP contribution in [0.2, 0.25) is 0 Å². The molecule has 3 unspecified atom stereocenters. The number of amides is 1. The summed E-state index contributed by atoms with van der Waals surface area (Å²) >= 11 is 0. The van der Waals surface area contributed by atoms with Gasteiger partial charge < -0.3 is 16.2 Å². The fourth-order valence-electron chi connectivity index (χ4n) is 2.49. The van der Waals surface area contributed by atoms with Gasteiger partial charge in [-0.05, 0) is 25.7 Å². The van der Waals surface area contributed by atoms with Gasteiger partial charge in [0.05, 0.1) is 11.3 Å². The van der Waals surface area contributed by atoms with Crippen LogP contribution in [0.15, 0.2) is 0 Å². The lowest BCUT2D eigenvalue weighted by atomic mass is 9.84. The molecule has 1 fully saturated rings. The monoisotopic (exact) mass is 256 g/mol. The van der Waals surface area contributed by atoms with E-state index in [0.717, 1.165) is 19.3 Å². The molecule has 1 rings (SSSR count). The number of carbonyl (C=O) groups excluding carboxylic acids is 1. The van der Waals surface area contributed by atoms with Crippen molar-refractivity contribution in [3.05, 3.63) is 0 Å². The van der Waals surface area contributed by atoms with E-state index in [9.17, 15) is 9.59 Å². The number of hydrogen-bond acceptors (Lipinski definition) is 3. The van der Waals surface area contributed by atoms with E-state index in [1.54, 1.807) is 0 Å². The summed E-state index contributed by atoms with van der Waals surface area (Å²) in [7, 11) is 0. The summed E-state index contributed by atoms with van der Waals surface area (Å²) in [6.07, 6.45) is 2.59. The molecule has 5 nitrogen and oxygen atoms in total. The number of nitrogens with two attached hydrogens (primary N) is 1. The van der Waals surface area contributed by atoms with Gasteiger partial charge in [0.15, 0.2) is 0 Å². The Bertz CT molecular complexity index is 330. The van der Waals surface area contributed by atoms with Crippen molar-refractivity contribution in [3.63, 3.8) is 0 Å². The van der Waals surface area contributed by atoms with Crippen LogP contribution in [0.25, 0.3) is 0 Å². The molecule has 0 aromatic heterocycles. The standard InChI is InChI=1S/C13H24N2O3/c1-8(2)9(11(16)17)7-15-12(18)13(3)6-4-5-10(13)14/h8-10H,4-7,14H2,1-3H3,(H,15,18)(H,16,17). The van der Waals surface area contributed by atoms with Crippen LogP contribution in [0.1, 0.15) is 40.0 Å². The average Bonchev–Trinajstić information content (AvgIpc) is 2.59. The number of rotatable bonds is 5. The molecule has 18 heavy (non-hydrogen) atoms. The predicted molar refractivity (Wildman–Crippen MR) is 68.9 cm³/mol. The van der Waals surface area contributed by atoms with Crippen LogP contribution in [0.3, 0.4) is 0 Å². The number of hydrogen-bond donors (Lipinski definition) is 3. The highest BCUT2D eigenvalue weighted by molar-refractivity contribution is 5.84. The zero-order valence-electron chi connectivity index (χ0n) is 11.4. The van der Waals surface area contributed by atoms with Gasteiger partial charge in [0.25, 0.3) is 0 Å². The second-order valence-electron chi connectivity index (χ2n) is 5.81. The van der Waals surface area contributed by atoms with Gasteiger partial charge in [-0.1, -0.05) is 20.3 Å². The van der Waals surface area contributed by atoms with Crippen molar-refractivity contribution in [3.8, 4) is 0 Å². The highest BCUT2D eigenvalue weighted by Crippen LogP contribution is 2.36. The second kappa shape index (κ2) is 5.69. The van der Waals surface area contributed by atoms with E-state index in [1.165, 1.54) is 0 Å². The highest BCUT2D eigenvalue weighted by atomic mass is 16.4. The highest BCUT2D eigenvalue weighted by Gasteiger charge is 2.43. The number of nitrogens with one attached hydrogen (secondary N) is 1. The van der Waals surface area contributed by atoms with Gasteiger partial charge in [-0.15, -0.1) is 0 Å². The summed E-state index contributed by atoms with van der Waals surface area (Å²) in [6.45, 7) is 5.72. The zero-order valence-corrected chi connectivity index (χ0v) is 11.4. The van der Waals surface area contributed by atoms with Crippen molar-refractivity contribution >= 4 is 11.9 Å². The first-order chi connectivity index (χ1) is 8.29. The number of carbonyl (C=O) groups is 2. The van der Waals surface area contributed by atoms with Gasteiger partial charge in [0, 0.05) is 12.6 Å². The molecular formula is C13H24N2O3. The van der Waals surface area contributed by atoms with Gasteiger partial charge in [-0.3, -0.25) is 9.59 Å². The Hall–Kier alpha value is -1.10. The van der Waals surface area contributed by atoms with Gasteiger partial charge in [0.2, 0.25) is 5.91 Å². The Labute approximate surface area is 108 Å². The molecule has 3 atom stereocenters. The number of aliphatic carboxylic acids is 1. The Morgan fingerprint density at radius 1 is 1.50 bits per heavy atom. The second-order valence-corrected chi connectivity index (χ2v) is 5.81. The fraction of sp³-hybridized carbons (Fsp3) is 0.846. The van der Waals surface area contributed by atoms with E-state index in [-0.39, 0.29) is 24.4 Å². The normalized spacial score (nSPS) is 29.3. The molecule has 1 saturated carbocycles. The summed E-state index contributed by atoms with van der Waals surface area (Å²) in [5, 5.41) is 11.8. The van der Waals surface area contributed by atoms with Crippen molar-refractivity contribution in [2.24, 2.45) is 23.0 Å². The minimum Gasteiger partial charge on any atom is -0.481 e. The Balaban J connectivity index is 2.57. The van der Waals surface area contributed by atoms with Crippen molar-refractivity contribution in [2.75, 3.05) is 6.54 Å². The molecule has 5 heteroatoms. The third-order valence-corrected chi connectivity index (χ3v) is 4.15. The molecule has 0 aromatic carbocycles. The van der Waals surface area contributed by atoms with Crippen molar-refractivity contribution in [2.45, 2.75) is 46.1 Å². The number of carboxylic acids is 1. The van der Waals surface area contributed by atoms with Crippen LogP contribution < -0.4 is 11.1 Å². The first-order valence-corrected chi connectivity index (χ1v) is 6.55. The lowest BCUT2D eigenvalue weighted by molar-refractivity contribution is -0.143. The van der Waals surface area contributed by atoms with E-state index < -0.39 is 17.3 Å². The topological polar surface area (TPSA) is 92.4 Å². The molecular weight excluding hydrogens is 232 g/mol. The van der Waals surface area contributed by atoms with Crippen molar-refractivity contribution in [1.82, 2.24) is 5.32 Å². The Kier molecular flexibility index (Phi) is 4.73. The smallest absolute Gasteiger partial charge is 0.308 e. The molecule has 0 aliphatic heterocycles. The molecule has 1 aliphatic carbocycles. The van der Waals surface area contributed by atoms with Crippen LogP contribution in [0.5, 0.6) is 0 Å². The molecule has 1 amide bonds. The molecule has 0 saturated heterocycles. The quantitative estimate of drug-likeness (QED) is 0.683. The van der Waals surface area contributed by atoms with Crippen LogP contribution >= 0.6 is 0 Å². The molecule has 1 aliphatic rings. The molecule has 0 bridgehead atoms. The van der Waals surface area contributed by atoms with E-state index >= 15 is 0 Å². The van der Waals surface area contributed by atoms with Gasteiger partial charge in [-0.2, -0.15) is 0 Å². The molecule has 0 heterocycles. The first kappa shape index (κ1) is 15.0. The Morgan fingerprint density at radius 3 is 2.50 bits per heavy atom. The zero-order chi connectivity index (χ0) is 13.9. The first-order valence-electron chi connectivity index (χ1n) is 6.55. The van der Waals surface area contributed by atoms with Crippen LogP contribution in [0, 0.1) is 17.3 Å². The molecule has 0 aromatic rings. The van der Waals surface area contributed by atoms with Crippen molar-refractivity contribution < 1.29 is 14.7 Å². The van der Waals surface area contributed by atoms with Crippen LogP contribution in [-0.2, 0) is 9.59 Å². The predicted octanol–water partition coefficient (Wildman–Crippen LogP) is 0.977. The maximum atomic E-state index is 12.1. The largest absolute Gasteiger partial charge is 0.481 e. The Morgan fingerprint density at radius 2 is 2.11 bits per heavy atom. The van der Waals surface area contributed by atoms with Gasteiger partial charge >= 0.3 is 5.97 Å². The minimum atomic E-state index is -0.869. The van der Waals surface area contributed by atoms with Crippen LogP contribution in [-0.4, -0.2) is 29.6 Å². The minimum absolute atomic E-state index is 0.00661. The van der Waals surface area contributed by atoms with Crippen molar-refractivity contribution in [1.29, 1.82) is 0 Å². The summed E-state index contributed by atoms with van der Waals surface area (Å²) in [5.74, 6) is -1.53. The van der Waals surface area contributed by atoms with E-state index in [2.05, 4.69) is 5.32 Å². The van der Waals surface area contributed by atoms with Gasteiger partial charge in [0.1, 0.15) is 0 Å². The molecule has 0 spiro atoms.